The van der Waals surface area contributed by atoms with Crippen LogP contribution in [0.5, 0.6) is 5.75 Å². The number of benzene rings is 2. The van der Waals surface area contributed by atoms with Crippen molar-refractivity contribution in [3.8, 4) is 5.75 Å². The summed E-state index contributed by atoms with van der Waals surface area (Å²) < 4.78 is 5.79. The first-order chi connectivity index (χ1) is 10.1. The second-order valence-electron chi connectivity index (χ2n) is 4.83. The van der Waals surface area contributed by atoms with Crippen molar-refractivity contribution in [1.29, 1.82) is 0 Å². The quantitative estimate of drug-likeness (QED) is 0.917. The minimum absolute atomic E-state index is 0.119. The van der Waals surface area contributed by atoms with Crippen molar-refractivity contribution >= 4 is 28.8 Å². The number of carbonyl (C=O) groups is 1. The molecular weight excluding hydrogens is 286 g/mol. The van der Waals surface area contributed by atoms with Crippen molar-refractivity contribution in [2.45, 2.75) is 6.92 Å². The molecule has 1 aliphatic heterocycles. The molecule has 3 nitrogen and oxygen atoms in total. The highest BCUT2D eigenvalue weighted by Crippen LogP contribution is 2.37. The van der Waals surface area contributed by atoms with Crippen LogP contribution in [-0.4, -0.2) is 12.5 Å². The number of hydrogen-bond donors (Lipinski definition) is 1. The summed E-state index contributed by atoms with van der Waals surface area (Å²) in [7, 11) is 0. The lowest BCUT2D eigenvalue weighted by molar-refractivity contribution is -0.117. The van der Waals surface area contributed by atoms with Crippen molar-refractivity contribution in [2.24, 2.45) is 0 Å². The predicted octanol–water partition coefficient (Wildman–Crippen LogP) is 3.74. The summed E-state index contributed by atoms with van der Waals surface area (Å²) in [6, 6.07) is 15.3. The van der Waals surface area contributed by atoms with Gasteiger partial charge in [-0.1, -0.05) is 41.9 Å². The summed E-state index contributed by atoms with van der Waals surface area (Å²) in [5.41, 5.74) is 3.53. The van der Waals surface area contributed by atoms with Gasteiger partial charge in [0.05, 0.1) is 5.70 Å². The monoisotopic (exact) mass is 299 g/mol. The smallest absolute Gasteiger partial charge is 0.221 e. The van der Waals surface area contributed by atoms with Crippen molar-refractivity contribution in [3.63, 3.8) is 0 Å². The second kappa shape index (κ2) is 5.62. The lowest BCUT2D eigenvalue weighted by Crippen LogP contribution is -2.24. The third kappa shape index (κ3) is 2.78. The first kappa shape index (κ1) is 13.7. The summed E-state index contributed by atoms with van der Waals surface area (Å²) in [6.07, 6.45) is 0. The minimum atomic E-state index is -0.119. The summed E-state index contributed by atoms with van der Waals surface area (Å²) in [4.78, 5) is 11.6. The van der Waals surface area contributed by atoms with Crippen LogP contribution in [0, 0.1) is 0 Å². The number of amides is 1. The molecule has 0 aromatic heterocycles. The van der Waals surface area contributed by atoms with Gasteiger partial charge in [-0.05, 0) is 23.8 Å². The van der Waals surface area contributed by atoms with E-state index in [0.717, 1.165) is 28.1 Å². The summed E-state index contributed by atoms with van der Waals surface area (Å²) in [5, 5.41) is 3.52. The Bertz CT molecular complexity index is 723. The van der Waals surface area contributed by atoms with Crippen LogP contribution in [0.15, 0.2) is 48.5 Å². The van der Waals surface area contributed by atoms with E-state index < -0.39 is 0 Å². The van der Waals surface area contributed by atoms with E-state index in [-0.39, 0.29) is 5.91 Å². The molecule has 0 aliphatic carbocycles. The lowest BCUT2D eigenvalue weighted by atomic mass is 9.97. The van der Waals surface area contributed by atoms with E-state index in [0.29, 0.717) is 11.6 Å². The summed E-state index contributed by atoms with van der Waals surface area (Å²) >= 11 is 6.08. The normalized spacial score (nSPS) is 13.4. The van der Waals surface area contributed by atoms with E-state index in [1.807, 2.05) is 42.5 Å². The molecule has 3 rings (SSSR count). The molecular formula is C17H14ClNO2. The van der Waals surface area contributed by atoms with Crippen molar-refractivity contribution in [3.05, 3.63) is 64.7 Å². The number of nitrogens with one attached hydrogen (secondary N) is 1. The maximum absolute atomic E-state index is 11.6. The van der Waals surface area contributed by atoms with Crippen LogP contribution in [0.25, 0.3) is 11.3 Å². The Labute approximate surface area is 128 Å². The molecule has 0 radical (unpaired) electrons. The Hall–Kier alpha value is -2.26. The van der Waals surface area contributed by atoms with Gasteiger partial charge in [0, 0.05) is 23.1 Å². The fourth-order valence-electron chi connectivity index (χ4n) is 2.39. The molecule has 0 spiro atoms. The number of carbonyl (C=O) groups excluding carboxylic acids is 1. The van der Waals surface area contributed by atoms with Gasteiger partial charge in [0.15, 0.2) is 0 Å². The first-order valence-electron chi connectivity index (χ1n) is 6.64. The van der Waals surface area contributed by atoms with Crippen molar-refractivity contribution in [1.82, 2.24) is 5.32 Å². The predicted molar refractivity (Wildman–Crippen MR) is 84.0 cm³/mol. The number of fused-ring (bicyclic) bond motifs is 1. The van der Waals surface area contributed by atoms with Gasteiger partial charge >= 0.3 is 0 Å². The fourth-order valence-corrected chi connectivity index (χ4v) is 2.57. The number of rotatable bonds is 2. The summed E-state index contributed by atoms with van der Waals surface area (Å²) in [5.74, 6) is 0.606. The molecule has 2 aromatic carbocycles. The summed E-state index contributed by atoms with van der Waals surface area (Å²) in [6.45, 7) is 1.91. The zero-order valence-electron chi connectivity index (χ0n) is 11.5. The standard InChI is InChI=1S/C17H14ClNO2/c1-11(20)19-17-14-9-13(18)7-8-16(14)21-10-15(17)12-5-3-2-4-6-12/h2-9H,10H2,1H3,(H,19,20). The van der Waals surface area contributed by atoms with Crippen LogP contribution < -0.4 is 10.1 Å². The van der Waals surface area contributed by atoms with E-state index in [1.165, 1.54) is 6.92 Å². The van der Waals surface area contributed by atoms with E-state index in [9.17, 15) is 4.79 Å². The Morgan fingerprint density at radius 1 is 1.19 bits per heavy atom. The zero-order chi connectivity index (χ0) is 14.8. The minimum Gasteiger partial charge on any atom is -0.488 e. The molecule has 0 unspecified atom stereocenters. The van der Waals surface area contributed by atoms with E-state index in [2.05, 4.69) is 5.32 Å². The maximum atomic E-state index is 11.6. The highest BCUT2D eigenvalue weighted by atomic mass is 35.5. The maximum Gasteiger partial charge on any atom is 0.221 e. The number of hydrogen-bond acceptors (Lipinski definition) is 2. The fraction of sp³-hybridized carbons (Fsp3) is 0.118. The molecule has 1 N–H and O–H groups in total. The van der Waals surface area contributed by atoms with E-state index in [4.69, 9.17) is 16.3 Å². The molecule has 21 heavy (non-hydrogen) atoms. The average molecular weight is 300 g/mol. The van der Waals surface area contributed by atoms with Gasteiger partial charge < -0.3 is 10.1 Å². The van der Waals surface area contributed by atoms with Gasteiger partial charge in [-0.15, -0.1) is 0 Å². The highest BCUT2D eigenvalue weighted by molar-refractivity contribution is 6.30. The largest absolute Gasteiger partial charge is 0.488 e. The Morgan fingerprint density at radius 3 is 2.67 bits per heavy atom. The Kier molecular flexibility index (Phi) is 3.67. The molecule has 4 heteroatoms. The van der Waals surface area contributed by atoms with Crippen LogP contribution in [0.4, 0.5) is 0 Å². The molecule has 0 fully saturated rings. The van der Waals surface area contributed by atoms with Crippen molar-refractivity contribution < 1.29 is 9.53 Å². The molecule has 0 atom stereocenters. The average Bonchev–Trinajstić information content (AvgIpc) is 2.48. The van der Waals surface area contributed by atoms with Crippen LogP contribution in [0.1, 0.15) is 18.1 Å². The molecule has 0 saturated carbocycles. The topological polar surface area (TPSA) is 38.3 Å². The van der Waals surface area contributed by atoms with E-state index in [1.54, 1.807) is 6.07 Å². The van der Waals surface area contributed by atoms with Gasteiger partial charge in [0.2, 0.25) is 5.91 Å². The Balaban J connectivity index is 2.19. The number of ether oxygens (including phenoxy) is 1. The molecule has 0 saturated heterocycles. The zero-order valence-corrected chi connectivity index (χ0v) is 12.3. The van der Waals surface area contributed by atoms with Crippen LogP contribution in [-0.2, 0) is 4.79 Å². The van der Waals surface area contributed by atoms with Crippen LogP contribution >= 0.6 is 11.6 Å². The van der Waals surface area contributed by atoms with Crippen LogP contribution in [0.2, 0.25) is 5.02 Å². The molecule has 106 valence electrons. The molecule has 1 amide bonds. The number of halogens is 1. The van der Waals surface area contributed by atoms with Crippen molar-refractivity contribution in [2.75, 3.05) is 6.61 Å². The van der Waals surface area contributed by atoms with Crippen LogP contribution in [0.3, 0.4) is 0 Å². The van der Waals surface area contributed by atoms with Gasteiger partial charge in [-0.25, -0.2) is 0 Å². The van der Waals surface area contributed by atoms with Gasteiger partial charge in [0.1, 0.15) is 12.4 Å². The van der Waals surface area contributed by atoms with Gasteiger partial charge in [-0.3, -0.25) is 4.79 Å². The van der Waals surface area contributed by atoms with Gasteiger partial charge in [0.25, 0.3) is 0 Å². The molecule has 0 bridgehead atoms. The third-order valence-electron chi connectivity index (χ3n) is 3.31. The Morgan fingerprint density at radius 2 is 1.95 bits per heavy atom. The highest BCUT2D eigenvalue weighted by Gasteiger charge is 2.22. The lowest BCUT2D eigenvalue weighted by Gasteiger charge is -2.24. The van der Waals surface area contributed by atoms with E-state index >= 15 is 0 Å². The SMILES string of the molecule is CC(=O)NC1=C(c2ccccc2)COc2ccc(Cl)cc21. The third-order valence-corrected chi connectivity index (χ3v) is 3.54. The first-order valence-corrected chi connectivity index (χ1v) is 7.02. The second-order valence-corrected chi connectivity index (χ2v) is 5.27. The molecule has 1 heterocycles. The molecule has 1 aliphatic rings. The van der Waals surface area contributed by atoms with Gasteiger partial charge in [-0.2, -0.15) is 0 Å². The molecule has 2 aromatic rings.